The maximum Gasteiger partial charge on any atom is 0.573 e. The number of ether oxygens (including phenoxy) is 1. The van der Waals surface area contributed by atoms with Crippen LogP contribution in [0.25, 0.3) is 0 Å². The van der Waals surface area contributed by atoms with E-state index in [1.807, 2.05) is 0 Å². The second-order valence-electron chi connectivity index (χ2n) is 4.40. The van der Waals surface area contributed by atoms with E-state index in [1.54, 1.807) is 6.92 Å². The zero-order valence-electron chi connectivity index (χ0n) is 10.00. The molecule has 0 fully saturated rings. The number of halogens is 3. The van der Waals surface area contributed by atoms with Crippen molar-refractivity contribution in [2.45, 2.75) is 31.7 Å². The van der Waals surface area contributed by atoms with Gasteiger partial charge in [0.15, 0.2) is 0 Å². The summed E-state index contributed by atoms with van der Waals surface area (Å²) in [5, 5.41) is 9.93. The Morgan fingerprint density at radius 3 is 2.22 bits per heavy atom. The number of hydrogen-bond donors (Lipinski definition) is 2. The van der Waals surface area contributed by atoms with Gasteiger partial charge in [-0.05, 0) is 37.6 Å². The van der Waals surface area contributed by atoms with E-state index < -0.39 is 12.0 Å². The van der Waals surface area contributed by atoms with Crippen LogP contribution >= 0.6 is 0 Å². The van der Waals surface area contributed by atoms with Crippen LogP contribution in [0.15, 0.2) is 24.3 Å². The molecule has 0 aromatic heterocycles. The highest BCUT2D eigenvalue weighted by Gasteiger charge is 2.31. The quantitative estimate of drug-likeness (QED) is 0.856. The van der Waals surface area contributed by atoms with Gasteiger partial charge in [0, 0.05) is 6.42 Å². The molecule has 0 bridgehead atoms. The Morgan fingerprint density at radius 1 is 1.22 bits per heavy atom. The minimum absolute atomic E-state index is 0.273. The number of benzene rings is 1. The summed E-state index contributed by atoms with van der Waals surface area (Å²) >= 11 is 0. The van der Waals surface area contributed by atoms with Crippen molar-refractivity contribution >= 4 is 0 Å². The monoisotopic (exact) mass is 263 g/mol. The molecule has 0 amide bonds. The zero-order chi connectivity index (χ0) is 13.8. The summed E-state index contributed by atoms with van der Waals surface area (Å²) in [6.07, 6.45) is -3.93. The highest BCUT2D eigenvalue weighted by molar-refractivity contribution is 5.28. The molecule has 102 valence electrons. The summed E-state index contributed by atoms with van der Waals surface area (Å²) in [4.78, 5) is 0. The molecule has 0 spiro atoms. The van der Waals surface area contributed by atoms with Crippen molar-refractivity contribution < 1.29 is 23.0 Å². The summed E-state index contributed by atoms with van der Waals surface area (Å²) in [7, 11) is 0. The molecule has 0 aliphatic heterocycles. The summed E-state index contributed by atoms with van der Waals surface area (Å²) in [5.74, 6) is -0.273. The van der Waals surface area contributed by atoms with Crippen molar-refractivity contribution in [3.8, 4) is 5.75 Å². The molecule has 6 heteroatoms. The minimum atomic E-state index is -4.69. The maximum atomic E-state index is 11.9. The fourth-order valence-corrected chi connectivity index (χ4v) is 1.65. The molecule has 0 radical (unpaired) electrons. The van der Waals surface area contributed by atoms with E-state index in [9.17, 15) is 18.3 Å². The van der Waals surface area contributed by atoms with Crippen LogP contribution in [0.1, 0.15) is 18.9 Å². The van der Waals surface area contributed by atoms with Crippen LogP contribution in [0, 0.1) is 0 Å². The zero-order valence-corrected chi connectivity index (χ0v) is 10.00. The largest absolute Gasteiger partial charge is 0.573 e. The summed E-state index contributed by atoms with van der Waals surface area (Å²) in [6.45, 7) is 1.99. The Balaban J connectivity index is 2.66. The lowest BCUT2D eigenvalue weighted by atomic mass is 9.93. The van der Waals surface area contributed by atoms with Gasteiger partial charge in [-0.1, -0.05) is 12.1 Å². The van der Waals surface area contributed by atoms with Gasteiger partial charge in [-0.15, -0.1) is 13.2 Å². The molecule has 0 aliphatic carbocycles. The lowest BCUT2D eigenvalue weighted by Gasteiger charge is -2.22. The average Bonchev–Trinajstić information content (AvgIpc) is 2.18. The van der Waals surface area contributed by atoms with E-state index in [2.05, 4.69) is 4.74 Å². The van der Waals surface area contributed by atoms with Crippen molar-refractivity contribution in [2.75, 3.05) is 6.54 Å². The molecule has 1 atom stereocenters. The molecule has 0 saturated heterocycles. The molecular formula is C12H16F3NO2. The van der Waals surface area contributed by atoms with Crippen LogP contribution in [-0.2, 0) is 6.42 Å². The first-order valence-electron chi connectivity index (χ1n) is 5.49. The van der Waals surface area contributed by atoms with Gasteiger partial charge in [0.1, 0.15) is 5.75 Å². The molecular weight excluding hydrogens is 247 g/mol. The standard InChI is InChI=1S/C12H16F3NO2/c1-11(17,6-7-16)8-9-2-4-10(5-3-9)18-12(13,14)15/h2-5,17H,6-8,16H2,1H3. The van der Waals surface area contributed by atoms with Crippen LogP contribution in [0.5, 0.6) is 5.75 Å². The highest BCUT2D eigenvalue weighted by atomic mass is 19.4. The van der Waals surface area contributed by atoms with Gasteiger partial charge >= 0.3 is 6.36 Å². The Bertz CT molecular complexity index is 374. The van der Waals surface area contributed by atoms with Crippen LogP contribution in [0.3, 0.4) is 0 Å². The second-order valence-corrected chi connectivity index (χ2v) is 4.40. The van der Waals surface area contributed by atoms with E-state index in [-0.39, 0.29) is 5.75 Å². The van der Waals surface area contributed by atoms with Crippen molar-refractivity contribution in [2.24, 2.45) is 5.73 Å². The molecule has 1 unspecified atom stereocenters. The van der Waals surface area contributed by atoms with E-state index in [0.29, 0.717) is 19.4 Å². The summed E-state index contributed by atoms with van der Waals surface area (Å²) < 4.78 is 39.6. The number of aliphatic hydroxyl groups is 1. The Morgan fingerprint density at radius 2 is 1.78 bits per heavy atom. The highest BCUT2D eigenvalue weighted by Crippen LogP contribution is 2.24. The fourth-order valence-electron chi connectivity index (χ4n) is 1.65. The van der Waals surface area contributed by atoms with Crippen LogP contribution in [-0.4, -0.2) is 23.6 Å². The SMILES string of the molecule is CC(O)(CCN)Cc1ccc(OC(F)(F)F)cc1. The van der Waals surface area contributed by atoms with Gasteiger partial charge in [-0.2, -0.15) is 0 Å². The minimum Gasteiger partial charge on any atom is -0.406 e. The van der Waals surface area contributed by atoms with Crippen LogP contribution in [0.4, 0.5) is 13.2 Å². The Labute approximate surface area is 103 Å². The molecule has 1 aromatic carbocycles. The topological polar surface area (TPSA) is 55.5 Å². The van der Waals surface area contributed by atoms with Gasteiger partial charge < -0.3 is 15.6 Å². The average molecular weight is 263 g/mol. The molecule has 1 rings (SSSR count). The number of hydrogen-bond acceptors (Lipinski definition) is 3. The number of nitrogens with two attached hydrogens (primary N) is 1. The van der Waals surface area contributed by atoms with E-state index in [1.165, 1.54) is 24.3 Å². The third-order valence-corrected chi connectivity index (χ3v) is 2.42. The molecule has 0 saturated carbocycles. The van der Waals surface area contributed by atoms with Crippen molar-refractivity contribution in [1.82, 2.24) is 0 Å². The van der Waals surface area contributed by atoms with Gasteiger partial charge in [-0.3, -0.25) is 0 Å². The normalized spacial score (nSPS) is 15.2. The molecule has 3 N–H and O–H groups in total. The van der Waals surface area contributed by atoms with Gasteiger partial charge in [0.05, 0.1) is 5.60 Å². The molecule has 0 aliphatic rings. The predicted molar refractivity (Wildman–Crippen MR) is 61.1 cm³/mol. The maximum absolute atomic E-state index is 11.9. The van der Waals surface area contributed by atoms with Crippen molar-refractivity contribution in [3.63, 3.8) is 0 Å². The fraction of sp³-hybridized carbons (Fsp3) is 0.500. The van der Waals surface area contributed by atoms with E-state index >= 15 is 0 Å². The number of rotatable bonds is 5. The lowest BCUT2D eigenvalue weighted by molar-refractivity contribution is -0.274. The molecule has 3 nitrogen and oxygen atoms in total. The third kappa shape index (κ3) is 5.37. The Hall–Kier alpha value is -1.27. The second kappa shape index (κ2) is 5.58. The molecule has 0 heterocycles. The summed E-state index contributed by atoms with van der Waals surface area (Å²) in [5.41, 5.74) is 5.12. The third-order valence-electron chi connectivity index (χ3n) is 2.42. The first-order chi connectivity index (χ1) is 8.22. The first-order valence-corrected chi connectivity index (χ1v) is 5.49. The lowest BCUT2D eigenvalue weighted by Crippen LogP contribution is -2.30. The van der Waals surface area contributed by atoms with Crippen LogP contribution in [0.2, 0.25) is 0 Å². The van der Waals surface area contributed by atoms with E-state index in [0.717, 1.165) is 5.56 Å². The van der Waals surface area contributed by atoms with Gasteiger partial charge in [0.25, 0.3) is 0 Å². The van der Waals surface area contributed by atoms with Crippen molar-refractivity contribution in [1.29, 1.82) is 0 Å². The van der Waals surface area contributed by atoms with E-state index in [4.69, 9.17) is 5.73 Å². The van der Waals surface area contributed by atoms with Gasteiger partial charge in [0.2, 0.25) is 0 Å². The number of alkyl halides is 3. The molecule has 1 aromatic rings. The smallest absolute Gasteiger partial charge is 0.406 e. The summed E-state index contributed by atoms with van der Waals surface area (Å²) in [6, 6.07) is 5.43. The Kier molecular flexibility index (Phi) is 4.59. The molecule has 18 heavy (non-hydrogen) atoms. The van der Waals surface area contributed by atoms with Gasteiger partial charge in [-0.25, -0.2) is 0 Å². The first kappa shape index (κ1) is 14.8. The van der Waals surface area contributed by atoms with Crippen LogP contribution < -0.4 is 10.5 Å². The van der Waals surface area contributed by atoms with Crippen molar-refractivity contribution in [3.05, 3.63) is 29.8 Å². The predicted octanol–water partition coefficient (Wildman–Crippen LogP) is 2.23.